The summed E-state index contributed by atoms with van der Waals surface area (Å²) in [6, 6.07) is 17.3. The fourth-order valence-electron chi connectivity index (χ4n) is 3.35. The van der Waals surface area contributed by atoms with Crippen LogP contribution in [0.4, 0.5) is 5.69 Å². The van der Waals surface area contributed by atoms with E-state index in [0.29, 0.717) is 38.7 Å². The number of hydrogen-bond donors (Lipinski definition) is 3. The molecule has 3 N–H and O–H groups in total. The number of carbonyl (C=O) groups excluding carboxylic acids is 3. The van der Waals surface area contributed by atoms with E-state index >= 15 is 0 Å². The van der Waals surface area contributed by atoms with Crippen LogP contribution in [0.15, 0.2) is 65.8 Å². The third-order valence-electron chi connectivity index (χ3n) is 5.38. The molecule has 3 aromatic carbocycles. The van der Waals surface area contributed by atoms with Crippen LogP contribution in [0.1, 0.15) is 36.5 Å². The largest absolute Gasteiger partial charge is 0.493 e. The number of rotatable bonds is 10. The molecule has 11 heteroatoms. The van der Waals surface area contributed by atoms with Gasteiger partial charge in [0.25, 0.3) is 5.91 Å². The van der Waals surface area contributed by atoms with Gasteiger partial charge in [0.05, 0.1) is 13.3 Å². The van der Waals surface area contributed by atoms with Crippen LogP contribution in [0.2, 0.25) is 10.0 Å². The Morgan fingerprint density at radius 3 is 2.26 bits per heavy atom. The van der Waals surface area contributed by atoms with Crippen LogP contribution in [0.3, 0.4) is 0 Å². The van der Waals surface area contributed by atoms with Crippen molar-refractivity contribution in [2.75, 3.05) is 19.0 Å². The molecule has 3 amide bonds. The lowest BCUT2D eigenvalue weighted by atomic mass is 10.0. The minimum Gasteiger partial charge on any atom is -0.493 e. The van der Waals surface area contributed by atoms with Crippen molar-refractivity contribution in [2.24, 2.45) is 5.10 Å². The number of benzene rings is 3. The molecule has 0 aromatic heterocycles. The maximum atomic E-state index is 12.2. The number of amides is 3. The first kappa shape index (κ1) is 29.5. The van der Waals surface area contributed by atoms with Crippen molar-refractivity contribution < 1.29 is 23.9 Å². The Morgan fingerprint density at radius 1 is 0.923 bits per heavy atom. The zero-order valence-electron chi connectivity index (χ0n) is 21.6. The zero-order valence-corrected chi connectivity index (χ0v) is 23.1. The monoisotopic (exact) mass is 570 g/mol. The van der Waals surface area contributed by atoms with Crippen molar-refractivity contribution in [1.82, 2.24) is 10.7 Å². The Hall–Kier alpha value is -4.08. The van der Waals surface area contributed by atoms with E-state index in [1.165, 1.54) is 18.9 Å². The number of halogens is 2. The lowest BCUT2D eigenvalue weighted by molar-refractivity contribution is -0.139. The van der Waals surface area contributed by atoms with Crippen molar-refractivity contribution in [2.45, 2.75) is 26.3 Å². The molecule has 0 unspecified atom stereocenters. The van der Waals surface area contributed by atoms with Crippen LogP contribution in [-0.4, -0.2) is 37.7 Å². The molecule has 0 aliphatic rings. The molecule has 9 nitrogen and oxygen atoms in total. The maximum Gasteiger partial charge on any atom is 0.329 e. The summed E-state index contributed by atoms with van der Waals surface area (Å²) in [5.74, 6) is -1.06. The number of carbonyl (C=O) groups is 3. The number of methoxy groups -OCH3 is 1. The summed E-state index contributed by atoms with van der Waals surface area (Å²) in [4.78, 5) is 36.4. The summed E-state index contributed by atoms with van der Waals surface area (Å²) in [6.07, 6.45) is 1.34. The van der Waals surface area contributed by atoms with Crippen molar-refractivity contribution in [3.05, 3.63) is 87.4 Å². The average molecular weight is 571 g/mol. The lowest BCUT2D eigenvalue weighted by Gasteiger charge is -2.12. The Kier molecular flexibility index (Phi) is 10.7. The fourth-order valence-corrected chi connectivity index (χ4v) is 3.88. The second-order valence-electron chi connectivity index (χ2n) is 8.68. The predicted molar refractivity (Wildman–Crippen MR) is 152 cm³/mol. The van der Waals surface area contributed by atoms with Crippen LogP contribution in [0, 0.1) is 0 Å². The van der Waals surface area contributed by atoms with Crippen LogP contribution < -0.4 is 25.5 Å². The van der Waals surface area contributed by atoms with Gasteiger partial charge in [-0.15, -0.1) is 0 Å². The summed E-state index contributed by atoms with van der Waals surface area (Å²) >= 11 is 11.9. The summed E-state index contributed by atoms with van der Waals surface area (Å²) in [6.45, 7) is 4.13. The van der Waals surface area contributed by atoms with Crippen LogP contribution >= 0.6 is 23.2 Å². The first-order valence-corrected chi connectivity index (χ1v) is 12.7. The molecule has 3 rings (SSSR count). The Balaban J connectivity index is 1.48. The standard InChI is InChI=1S/C28H28Cl2N4O5/c1-17(2)20-7-4-18(5-8-20)14-31-27(36)28(37)34-32-15-19-6-9-24(25(10-19)38-3)39-16-26(35)33-23-12-21(29)11-22(30)13-23/h4-13,15,17H,14,16H2,1-3H3,(H,31,36)(H,33,35)(H,34,37)/b32-15-. The normalized spacial score (nSPS) is 10.8. The molecule has 0 radical (unpaired) electrons. The van der Waals surface area contributed by atoms with Gasteiger partial charge in [-0.05, 0) is 59.0 Å². The first-order chi connectivity index (χ1) is 18.6. The quantitative estimate of drug-likeness (QED) is 0.182. The SMILES string of the molecule is COc1cc(/C=N\NC(=O)C(=O)NCc2ccc(C(C)C)cc2)ccc1OCC(=O)Nc1cc(Cl)cc(Cl)c1. The Bertz CT molecular complexity index is 1340. The molecule has 39 heavy (non-hydrogen) atoms. The van der Waals surface area contributed by atoms with Crippen molar-refractivity contribution in [1.29, 1.82) is 0 Å². The van der Waals surface area contributed by atoms with Gasteiger partial charge in [0.15, 0.2) is 18.1 Å². The van der Waals surface area contributed by atoms with Gasteiger partial charge < -0.3 is 20.1 Å². The predicted octanol–water partition coefficient (Wildman–Crippen LogP) is 4.91. The molecular weight excluding hydrogens is 543 g/mol. The Labute approximate surface area is 236 Å². The molecule has 0 saturated carbocycles. The van der Waals surface area contributed by atoms with Crippen molar-refractivity contribution in [3.63, 3.8) is 0 Å². The molecule has 0 spiro atoms. The number of ether oxygens (including phenoxy) is 2. The van der Waals surface area contributed by atoms with E-state index in [-0.39, 0.29) is 13.2 Å². The van der Waals surface area contributed by atoms with E-state index in [9.17, 15) is 14.4 Å². The topological polar surface area (TPSA) is 118 Å². The zero-order chi connectivity index (χ0) is 28.4. The first-order valence-electron chi connectivity index (χ1n) is 11.9. The van der Waals surface area contributed by atoms with E-state index in [4.69, 9.17) is 32.7 Å². The highest BCUT2D eigenvalue weighted by Crippen LogP contribution is 2.28. The lowest BCUT2D eigenvalue weighted by Crippen LogP contribution is -2.37. The summed E-state index contributed by atoms with van der Waals surface area (Å²) in [7, 11) is 1.44. The van der Waals surface area contributed by atoms with Gasteiger partial charge in [-0.25, -0.2) is 5.43 Å². The van der Waals surface area contributed by atoms with Gasteiger partial charge in [-0.1, -0.05) is 61.3 Å². The van der Waals surface area contributed by atoms with E-state index in [2.05, 4.69) is 35.0 Å². The van der Waals surface area contributed by atoms with E-state index in [0.717, 1.165) is 5.56 Å². The molecule has 0 aliphatic carbocycles. The van der Waals surface area contributed by atoms with Crippen LogP contribution in [-0.2, 0) is 20.9 Å². The maximum absolute atomic E-state index is 12.2. The second kappa shape index (κ2) is 14.2. The summed E-state index contributed by atoms with van der Waals surface area (Å²) in [5.41, 5.74) is 5.26. The minimum absolute atomic E-state index is 0.220. The summed E-state index contributed by atoms with van der Waals surface area (Å²) in [5, 5.41) is 9.81. The molecule has 0 bridgehead atoms. The number of hydrogen-bond acceptors (Lipinski definition) is 6. The fraction of sp³-hybridized carbons (Fsp3) is 0.214. The van der Waals surface area contributed by atoms with Gasteiger partial charge >= 0.3 is 11.8 Å². The average Bonchev–Trinajstić information content (AvgIpc) is 2.90. The molecule has 0 saturated heterocycles. The van der Waals surface area contributed by atoms with E-state index in [1.807, 2.05) is 24.3 Å². The third-order valence-corrected chi connectivity index (χ3v) is 5.81. The van der Waals surface area contributed by atoms with E-state index < -0.39 is 17.7 Å². The van der Waals surface area contributed by atoms with E-state index in [1.54, 1.807) is 36.4 Å². The smallest absolute Gasteiger partial charge is 0.329 e. The molecule has 3 aromatic rings. The minimum atomic E-state index is -0.899. The highest BCUT2D eigenvalue weighted by Gasteiger charge is 2.13. The molecule has 0 aliphatic heterocycles. The molecule has 0 fully saturated rings. The van der Waals surface area contributed by atoms with Gasteiger partial charge in [0.1, 0.15) is 0 Å². The third kappa shape index (κ3) is 9.31. The van der Waals surface area contributed by atoms with Crippen LogP contribution in [0.5, 0.6) is 11.5 Å². The number of hydrazone groups is 1. The molecular formula is C28H28Cl2N4O5. The number of nitrogens with zero attached hydrogens (tertiary/aromatic N) is 1. The van der Waals surface area contributed by atoms with Crippen molar-refractivity contribution in [3.8, 4) is 11.5 Å². The molecule has 204 valence electrons. The summed E-state index contributed by atoms with van der Waals surface area (Å²) < 4.78 is 10.9. The highest BCUT2D eigenvalue weighted by molar-refractivity contribution is 6.35. The number of anilines is 1. The van der Waals surface area contributed by atoms with Gasteiger partial charge in [0, 0.05) is 22.3 Å². The molecule has 0 heterocycles. The Morgan fingerprint density at radius 2 is 1.62 bits per heavy atom. The van der Waals surface area contributed by atoms with Gasteiger partial charge in [-0.3, -0.25) is 14.4 Å². The molecule has 0 atom stereocenters. The number of nitrogens with one attached hydrogen (secondary N) is 3. The highest BCUT2D eigenvalue weighted by atomic mass is 35.5. The van der Waals surface area contributed by atoms with Crippen LogP contribution in [0.25, 0.3) is 0 Å². The van der Waals surface area contributed by atoms with Crippen molar-refractivity contribution >= 4 is 52.8 Å². The van der Waals surface area contributed by atoms with Gasteiger partial charge in [0.2, 0.25) is 0 Å². The van der Waals surface area contributed by atoms with Gasteiger partial charge in [-0.2, -0.15) is 5.10 Å². The second-order valence-corrected chi connectivity index (χ2v) is 9.56.